The molecular weight excluding hydrogens is 308 g/mol. The van der Waals surface area contributed by atoms with Crippen LogP contribution < -0.4 is 5.32 Å². The molecule has 7 nitrogen and oxygen atoms in total. The first-order valence-corrected chi connectivity index (χ1v) is 7.71. The van der Waals surface area contributed by atoms with E-state index in [1.807, 2.05) is 30.5 Å². The van der Waals surface area contributed by atoms with Gasteiger partial charge in [0.25, 0.3) is 5.91 Å². The van der Waals surface area contributed by atoms with Gasteiger partial charge in [0.2, 0.25) is 0 Å². The monoisotopic (exact) mass is 324 g/mol. The van der Waals surface area contributed by atoms with E-state index in [1.165, 1.54) is 4.90 Å². The van der Waals surface area contributed by atoms with Crippen molar-refractivity contribution >= 4 is 22.8 Å². The number of aromatic nitrogens is 2. The molecule has 0 bridgehead atoms. The molecular formula is C17H16N4O3. The van der Waals surface area contributed by atoms with E-state index < -0.39 is 12.1 Å². The number of amides is 3. The second kappa shape index (κ2) is 5.52. The molecule has 1 atom stereocenters. The fraction of sp³-hybridized carbons (Fsp3) is 0.235. The van der Waals surface area contributed by atoms with Crippen molar-refractivity contribution in [3.8, 4) is 0 Å². The molecule has 0 spiro atoms. The highest BCUT2D eigenvalue weighted by atomic mass is 16.5. The minimum absolute atomic E-state index is 0.0931. The van der Waals surface area contributed by atoms with E-state index in [0.717, 1.165) is 16.5 Å². The van der Waals surface area contributed by atoms with Crippen LogP contribution in [0.25, 0.3) is 10.9 Å². The summed E-state index contributed by atoms with van der Waals surface area (Å²) >= 11 is 0. The molecule has 1 aromatic carbocycles. The van der Waals surface area contributed by atoms with Crippen molar-refractivity contribution in [3.05, 3.63) is 53.5 Å². The number of carbonyl (C=O) groups excluding carboxylic acids is 2. The molecule has 7 heteroatoms. The lowest BCUT2D eigenvalue weighted by molar-refractivity contribution is -0.128. The molecule has 4 rings (SSSR count). The van der Waals surface area contributed by atoms with Crippen LogP contribution in [0.15, 0.2) is 41.1 Å². The molecule has 0 unspecified atom stereocenters. The summed E-state index contributed by atoms with van der Waals surface area (Å²) in [6.07, 6.45) is 2.33. The van der Waals surface area contributed by atoms with Gasteiger partial charge in [0, 0.05) is 29.6 Å². The Kier molecular flexibility index (Phi) is 3.34. The lowest BCUT2D eigenvalue weighted by atomic mass is 10.1. The summed E-state index contributed by atoms with van der Waals surface area (Å²) in [6, 6.07) is 8.62. The minimum Gasteiger partial charge on any atom is -0.361 e. The van der Waals surface area contributed by atoms with E-state index >= 15 is 0 Å². The summed E-state index contributed by atoms with van der Waals surface area (Å²) in [5, 5.41) is 7.58. The predicted octanol–water partition coefficient (Wildman–Crippen LogP) is 2.13. The molecule has 1 saturated heterocycles. The Balaban J connectivity index is 1.53. The van der Waals surface area contributed by atoms with Crippen LogP contribution in [0.1, 0.15) is 17.0 Å². The highest BCUT2D eigenvalue weighted by Crippen LogP contribution is 2.22. The van der Waals surface area contributed by atoms with Crippen LogP contribution in [0, 0.1) is 6.92 Å². The number of fused-ring (bicyclic) bond motifs is 1. The van der Waals surface area contributed by atoms with E-state index in [2.05, 4.69) is 15.5 Å². The van der Waals surface area contributed by atoms with E-state index in [9.17, 15) is 9.59 Å². The molecule has 2 N–H and O–H groups in total. The van der Waals surface area contributed by atoms with Gasteiger partial charge in [0.05, 0.1) is 12.2 Å². The van der Waals surface area contributed by atoms with Gasteiger partial charge >= 0.3 is 6.03 Å². The number of hydrogen-bond acceptors (Lipinski definition) is 4. The zero-order chi connectivity index (χ0) is 16.7. The maximum atomic E-state index is 12.6. The van der Waals surface area contributed by atoms with Crippen LogP contribution in [-0.2, 0) is 17.8 Å². The van der Waals surface area contributed by atoms with E-state index in [1.54, 1.807) is 13.0 Å². The van der Waals surface area contributed by atoms with Gasteiger partial charge in [-0.3, -0.25) is 9.69 Å². The van der Waals surface area contributed by atoms with Crippen molar-refractivity contribution in [2.45, 2.75) is 25.9 Å². The Morgan fingerprint density at radius 2 is 2.12 bits per heavy atom. The predicted molar refractivity (Wildman–Crippen MR) is 86.1 cm³/mol. The summed E-state index contributed by atoms with van der Waals surface area (Å²) in [5.74, 6) is 0.239. The van der Waals surface area contributed by atoms with Crippen LogP contribution >= 0.6 is 0 Å². The van der Waals surface area contributed by atoms with Crippen molar-refractivity contribution in [3.63, 3.8) is 0 Å². The number of aryl methyl sites for hydroxylation is 1. The molecule has 3 aromatic rings. The van der Waals surface area contributed by atoms with Gasteiger partial charge in [-0.05, 0) is 18.6 Å². The molecule has 1 aliphatic heterocycles. The van der Waals surface area contributed by atoms with Crippen LogP contribution in [0.4, 0.5) is 4.79 Å². The number of H-pyrrole nitrogens is 1. The Labute approximate surface area is 137 Å². The quantitative estimate of drug-likeness (QED) is 0.719. The summed E-state index contributed by atoms with van der Waals surface area (Å²) < 4.78 is 5.09. The van der Waals surface area contributed by atoms with Gasteiger partial charge < -0.3 is 14.8 Å². The zero-order valence-electron chi connectivity index (χ0n) is 13.1. The third-order valence-corrected chi connectivity index (χ3v) is 4.20. The summed E-state index contributed by atoms with van der Waals surface area (Å²) in [6.45, 7) is 1.88. The smallest absolute Gasteiger partial charge is 0.325 e. The molecule has 122 valence electrons. The topological polar surface area (TPSA) is 91.2 Å². The minimum atomic E-state index is -0.569. The van der Waals surface area contributed by atoms with E-state index in [4.69, 9.17) is 4.52 Å². The van der Waals surface area contributed by atoms with Crippen LogP contribution in [0.5, 0.6) is 0 Å². The maximum Gasteiger partial charge on any atom is 0.325 e. The van der Waals surface area contributed by atoms with E-state index in [-0.39, 0.29) is 12.5 Å². The average Bonchev–Trinajstić information content (AvgIpc) is 3.24. The van der Waals surface area contributed by atoms with Gasteiger partial charge in [-0.2, -0.15) is 0 Å². The number of hydrogen-bond donors (Lipinski definition) is 2. The fourth-order valence-electron chi connectivity index (χ4n) is 3.03. The number of imide groups is 1. The SMILES string of the molecule is Cc1cc(CN2C(=O)N[C@@H](Cc3c[nH]c4ccccc34)C2=O)on1. The number of benzene rings is 1. The fourth-order valence-corrected chi connectivity index (χ4v) is 3.03. The number of para-hydroxylation sites is 1. The van der Waals surface area contributed by atoms with Crippen LogP contribution in [0.2, 0.25) is 0 Å². The lowest BCUT2D eigenvalue weighted by Gasteiger charge is -2.10. The summed E-state index contributed by atoms with van der Waals surface area (Å²) in [7, 11) is 0. The Hall–Kier alpha value is -3.09. The zero-order valence-corrected chi connectivity index (χ0v) is 13.1. The third-order valence-electron chi connectivity index (χ3n) is 4.20. The molecule has 0 aliphatic carbocycles. The van der Waals surface area contributed by atoms with Gasteiger partial charge in [-0.15, -0.1) is 0 Å². The van der Waals surface area contributed by atoms with Gasteiger partial charge in [-0.1, -0.05) is 23.4 Å². The molecule has 3 heterocycles. The maximum absolute atomic E-state index is 12.6. The highest BCUT2D eigenvalue weighted by molar-refractivity contribution is 6.04. The second-order valence-corrected chi connectivity index (χ2v) is 5.92. The number of nitrogens with zero attached hydrogens (tertiary/aromatic N) is 2. The van der Waals surface area contributed by atoms with Crippen molar-refractivity contribution in [1.29, 1.82) is 0 Å². The lowest BCUT2D eigenvalue weighted by Crippen LogP contribution is -2.32. The molecule has 3 amide bonds. The van der Waals surface area contributed by atoms with Gasteiger partial charge in [0.15, 0.2) is 5.76 Å². The van der Waals surface area contributed by atoms with Gasteiger partial charge in [-0.25, -0.2) is 4.79 Å². The molecule has 24 heavy (non-hydrogen) atoms. The molecule has 0 saturated carbocycles. The Bertz CT molecular complexity index is 927. The van der Waals surface area contributed by atoms with Gasteiger partial charge in [0.1, 0.15) is 6.04 Å². The van der Waals surface area contributed by atoms with Crippen LogP contribution in [0.3, 0.4) is 0 Å². The third kappa shape index (κ3) is 2.44. The first kappa shape index (κ1) is 14.5. The standard InChI is InChI=1S/C17H16N4O3/c1-10-6-12(24-20-10)9-21-16(22)15(19-17(21)23)7-11-8-18-14-5-3-2-4-13(11)14/h2-6,8,15,18H,7,9H2,1H3,(H,19,23)/t15-/m0/s1. The normalized spacial score (nSPS) is 17.7. The summed E-state index contributed by atoms with van der Waals surface area (Å²) in [4.78, 5) is 29.0. The number of carbonyl (C=O) groups is 2. The van der Waals surface area contributed by atoms with Crippen molar-refractivity contribution in [2.75, 3.05) is 0 Å². The molecule has 1 aliphatic rings. The molecule has 0 radical (unpaired) electrons. The number of nitrogens with one attached hydrogen (secondary N) is 2. The number of urea groups is 1. The Morgan fingerprint density at radius 1 is 1.29 bits per heavy atom. The second-order valence-electron chi connectivity index (χ2n) is 5.92. The van der Waals surface area contributed by atoms with Crippen molar-refractivity contribution in [1.82, 2.24) is 20.4 Å². The summed E-state index contributed by atoms with van der Waals surface area (Å²) in [5.41, 5.74) is 2.73. The van der Waals surface area contributed by atoms with Crippen molar-refractivity contribution < 1.29 is 14.1 Å². The van der Waals surface area contributed by atoms with Crippen LogP contribution in [-0.4, -0.2) is 33.0 Å². The molecule has 2 aromatic heterocycles. The first-order valence-electron chi connectivity index (χ1n) is 7.71. The van der Waals surface area contributed by atoms with E-state index in [0.29, 0.717) is 17.9 Å². The number of aromatic amines is 1. The Morgan fingerprint density at radius 3 is 2.92 bits per heavy atom. The molecule has 1 fully saturated rings. The average molecular weight is 324 g/mol. The highest BCUT2D eigenvalue weighted by Gasteiger charge is 2.38. The number of rotatable bonds is 4. The largest absolute Gasteiger partial charge is 0.361 e. The first-order chi connectivity index (χ1) is 11.6. The van der Waals surface area contributed by atoms with Crippen molar-refractivity contribution in [2.24, 2.45) is 0 Å².